The van der Waals surface area contributed by atoms with Gasteiger partial charge in [-0.3, -0.25) is 9.59 Å². The molecule has 2 atom stereocenters. The fraction of sp³-hybridized carbons (Fsp3) is 0.800. The molecule has 1 amide bonds. The topological polar surface area (TPSA) is 55.4 Å². The number of unbranched alkanes of at least 4 members (excludes halogenated alkanes) is 1. The van der Waals surface area contributed by atoms with E-state index < -0.39 is 0 Å². The molecule has 0 aromatic heterocycles. The Morgan fingerprint density at radius 3 is 2.41 bits per heavy atom. The van der Waals surface area contributed by atoms with Crippen LogP contribution in [0.2, 0.25) is 0 Å². The van der Waals surface area contributed by atoms with Crippen LogP contribution < -0.4 is 5.32 Å². The summed E-state index contributed by atoms with van der Waals surface area (Å²) in [5, 5.41) is 2.53. The lowest BCUT2D eigenvalue weighted by atomic mass is 10.1. The number of hydrogen-bond acceptors (Lipinski definition) is 6. The van der Waals surface area contributed by atoms with Crippen molar-refractivity contribution in [2.24, 2.45) is 5.92 Å². The Hall–Kier alpha value is -0.270. The molecule has 0 aliphatic heterocycles. The fourth-order valence-electron chi connectivity index (χ4n) is 1.65. The Morgan fingerprint density at radius 1 is 1.27 bits per heavy atom. The highest BCUT2D eigenvalue weighted by Gasteiger charge is 2.27. The predicted octanol–water partition coefficient (Wildman–Crippen LogP) is 3.63. The number of amides is 1. The van der Waals surface area contributed by atoms with Gasteiger partial charge in [-0.1, -0.05) is 44.2 Å². The highest BCUT2D eigenvalue weighted by molar-refractivity contribution is 8.47. The summed E-state index contributed by atoms with van der Waals surface area (Å²) < 4.78 is 5.50. The molecule has 22 heavy (non-hydrogen) atoms. The minimum atomic E-state index is -0.363. The van der Waals surface area contributed by atoms with Crippen LogP contribution in [0.4, 0.5) is 0 Å². The van der Waals surface area contributed by atoms with E-state index in [2.05, 4.69) is 12.2 Å². The summed E-state index contributed by atoms with van der Waals surface area (Å²) in [6.07, 6.45) is 2.65. The van der Waals surface area contributed by atoms with Gasteiger partial charge in [0.25, 0.3) is 0 Å². The first kappa shape index (κ1) is 21.7. The van der Waals surface area contributed by atoms with Crippen LogP contribution in [0.1, 0.15) is 47.0 Å². The van der Waals surface area contributed by atoms with E-state index in [9.17, 15) is 9.59 Å². The van der Waals surface area contributed by atoms with Gasteiger partial charge in [0.15, 0.2) is 0 Å². The first-order valence-corrected chi connectivity index (χ1v) is 9.80. The summed E-state index contributed by atoms with van der Waals surface area (Å²) in [6, 6.07) is 0.0605. The van der Waals surface area contributed by atoms with Gasteiger partial charge in [0.1, 0.15) is 3.53 Å². The van der Waals surface area contributed by atoms with Gasteiger partial charge in [-0.25, -0.2) is 0 Å². The third-order valence-corrected chi connectivity index (χ3v) is 5.75. The highest BCUT2D eigenvalue weighted by Crippen LogP contribution is 2.28. The number of methoxy groups -OCH3 is 1. The van der Waals surface area contributed by atoms with Gasteiger partial charge in [0.05, 0.1) is 18.3 Å². The maximum atomic E-state index is 12.3. The molecule has 2 unspecified atom stereocenters. The van der Waals surface area contributed by atoms with Crippen LogP contribution in [0.15, 0.2) is 0 Å². The van der Waals surface area contributed by atoms with E-state index in [0.29, 0.717) is 6.42 Å². The third-order valence-electron chi connectivity index (χ3n) is 2.85. The van der Waals surface area contributed by atoms with Crippen molar-refractivity contribution in [1.82, 2.24) is 5.32 Å². The van der Waals surface area contributed by atoms with Crippen LogP contribution in [0.25, 0.3) is 0 Å². The van der Waals surface area contributed by atoms with Crippen molar-refractivity contribution in [2.75, 3.05) is 12.9 Å². The summed E-state index contributed by atoms with van der Waals surface area (Å²) >= 11 is 8.33. The van der Waals surface area contributed by atoms with E-state index >= 15 is 0 Å². The molecular weight excluding hydrogens is 338 g/mol. The number of esters is 1. The number of rotatable bonds is 9. The van der Waals surface area contributed by atoms with E-state index in [4.69, 9.17) is 17.0 Å². The van der Waals surface area contributed by atoms with Crippen molar-refractivity contribution in [3.8, 4) is 0 Å². The lowest BCUT2D eigenvalue weighted by molar-refractivity contribution is -0.145. The number of thiocarbonyl (C=S) groups is 1. The van der Waals surface area contributed by atoms with Gasteiger partial charge in [-0.2, -0.15) is 0 Å². The number of nitrogens with one attached hydrogen (secondary N) is 1. The lowest BCUT2D eigenvalue weighted by Crippen LogP contribution is -2.39. The van der Waals surface area contributed by atoms with Crippen molar-refractivity contribution in [2.45, 2.75) is 58.2 Å². The SMILES string of the molecule is CCCCSC(=S)SC(CC(C)C(=O)OC)C(=O)NC(C)C. The van der Waals surface area contributed by atoms with Gasteiger partial charge in [0.2, 0.25) is 5.91 Å². The van der Waals surface area contributed by atoms with Crippen molar-refractivity contribution >= 4 is 51.1 Å². The fourth-order valence-corrected chi connectivity index (χ4v) is 4.52. The number of ether oxygens (including phenoxy) is 1. The minimum absolute atomic E-state index is 0.0605. The second-order valence-electron chi connectivity index (χ2n) is 5.38. The molecule has 0 aliphatic rings. The van der Waals surface area contributed by atoms with Crippen LogP contribution in [0.5, 0.6) is 0 Å². The lowest BCUT2D eigenvalue weighted by Gasteiger charge is -2.20. The summed E-state index contributed by atoms with van der Waals surface area (Å²) in [6.45, 7) is 7.73. The quantitative estimate of drug-likeness (QED) is 0.382. The molecule has 1 N–H and O–H groups in total. The van der Waals surface area contributed by atoms with E-state index in [1.165, 1.54) is 18.9 Å². The molecule has 0 rings (SSSR count). The molecule has 0 aromatic rings. The number of carbonyl (C=O) groups excluding carboxylic acids is 2. The van der Waals surface area contributed by atoms with Crippen molar-refractivity contribution < 1.29 is 14.3 Å². The molecule has 0 aromatic carbocycles. The molecule has 0 heterocycles. The first-order valence-electron chi connectivity index (χ1n) is 7.53. The number of thioether (sulfide) groups is 2. The Morgan fingerprint density at radius 2 is 1.91 bits per heavy atom. The summed E-state index contributed by atoms with van der Waals surface area (Å²) in [5.74, 6) is 0.262. The van der Waals surface area contributed by atoms with Crippen LogP contribution in [-0.4, -0.2) is 39.6 Å². The molecule has 0 saturated heterocycles. The number of carbonyl (C=O) groups is 2. The van der Waals surface area contributed by atoms with Gasteiger partial charge in [-0.05, 0) is 32.4 Å². The zero-order valence-corrected chi connectivity index (χ0v) is 16.5. The summed E-state index contributed by atoms with van der Waals surface area (Å²) in [4.78, 5) is 23.9. The maximum absolute atomic E-state index is 12.3. The van der Waals surface area contributed by atoms with Gasteiger partial charge in [-0.15, -0.1) is 11.8 Å². The monoisotopic (exact) mass is 365 g/mol. The largest absolute Gasteiger partial charge is 0.469 e. The zero-order valence-electron chi connectivity index (χ0n) is 14.0. The molecule has 0 saturated carbocycles. The van der Waals surface area contributed by atoms with Crippen molar-refractivity contribution in [3.63, 3.8) is 0 Å². The van der Waals surface area contributed by atoms with Crippen LogP contribution in [-0.2, 0) is 14.3 Å². The smallest absolute Gasteiger partial charge is 0.308 e. The molecule has 0 bridgehead atoms. The normalized spacial score (nSPS) is 13.5. The Bertz CT molecular complexity index is 375. The minimum Gasteiger partial charge on any atom is -0.469 e. The molecular formula is C15H27NO3S3. The van der Waals surface area contributed by atoms with Gasteiger partial charge in [0, 0.05) is 6.04 Å². The number of hydrogen-bond donors (Lipinski definition) is 1. The van der Waals surface area contributed by atoms with Crippen molar-refractivity contribution in [3.05, 3.63) is 0 Å². The Kier molecular flexibility index (Phi) is 12.0. The highest BCUT2D eigenvalue weighted by atomic mass is 32.2. The molecule has 0 aliphatic carbocycles. The molecule has 4 nitrogen and oxygen atoms in total. The average Bonchev–Trinajstić information content (AvgIpc) is 2.45. The van der Waals surface area contributed by atoms with Crippen LogP contribution >= 0.6 is 35.7 Å². The zero-order chi connectivity index (χ0) is 17.1. The molecule has 7 heteroatoms. The average molecular weight is 366 g/mol. The summed E-state index contributed by atoms with van der Waals surface area (Å²) in [5.41, 5.74) is 0. The van der Waals surface area contributed by atoms with Crippen molar-refractivity contribution in [1.29, 1.82) is 0 Å². The van der Waals surface area contributed by atoms with E-state index in [0.717, 1.165) is 22.1 Å². The molecule has 0 spiro atoms. The maximum Gasteiger partial charge on any atom is 0.308 e. The van der Waals surface area contributed by atoms with Crippen LogP contribution in [0.3, 0.4) is 0 Å². The van der Waals surface area contributed by atoms with E-state index in [1.807, 2.05) is 13.8 Å². The first-order chi connectivity index (χ1) is 10.3. The van der Waals surface area contributed by atoms with Gasteiger partial charge < -0.3 is 10.1 Å². The van der Waals surface area contributed by atoms with E-state index in [1.54, 1.807) is 18.7 Å². The van der Waals surface area contributed by atoms with Gasteiger partial charge >= 0.3 is 5.97 Å². The molecule has 128 valence electrons. The third kappa shape index (κ3) is 9.69. The standard InChI is InChI=1S/C15H27NO3S3/c1-6-7-8-21-15(20)22-12(13(17)16-10(2)3)9-11(4)14(18)19-5/h10-12H,6-9H2,1-5H3,(H,16,17). The predicted molar refractivity (Wildman–Crippen MR) is 100 cm³/mol. The van der Waals surface area contributed by atoms with Crippen LogP contribution in [0, 0.1) is 5.92 Å². The van der Waals surface area contributed by atoms with E-state index in [-0.39, 0.29) is 29.1 Å². The molecule has 0 fully saturated rings. The second kappa shape index (κ2) is 12.2. The Balaban J connectivity index is 4.67. The second-order valence-corrected chi connectivity index (χ2v) is 8.88. The Labute approximate surface area is 147 Å². The molecule has 0 radical (unpaired) electrons. The summed E-state index contributed by atoms with van der Waals surface area (Å²) in [7, 11) is 1.36.